The van der Waals surface area contributed by atoms with Crippen molar-refractivity contribution in [3.8, 4) is 0 Å². The van der Waals surface area contributed by atoms with E-state index in [9.17, 15) is 27.9 Å². The van der Waals surface area contributed by atoms with Crippen molar-refractivity contribution < 1.29 is 27.9 Å². The molecule has 0 spiro atoms. The van der Waals surface area contributed by atoms with Crippen LogP contribution < -0.4 is 4.90 Å². The molecule has 0 aliphatic carbocycles. The Morgan fingerprint density at radius 3 is 2.28 bits per heavy atom. The number of alkyl halides is 3. The number of halogens is 3. The number of aliphatic hydroxyl groups is 1. The molecule has 1 aliphatic heterocycles. The predicted molar refractivity (Wildman–Crippen MR) is 116 cm³/mol. The van der Waals surface area contributed by atoms with Crippen LogP contribution in [0.1, 0.15) is 42.4 Å². The summed E-state index contributed by atoms with van der Waals surface area (Å²) in [6.45, 7) is 5.23. The van der Waals surface area contributed by atoms with Gasteiger partial charge in [0.05, 0.1) is 26.7 Å². The Bertz CT molecular complexity index is 1260. The van der Waals surface area contributed by atoms with E-state index in [1.165, 1.54) is 28.4 Å². The summed E-state index contributed by atoms with van der Waals surface area (Å²) in [5.74, 6) is -2.07. The van der Waals surface area contributed by atoms with E-state index in [-0.39, 0.29) is 11.3 Å². The number of hydrogen-bond donors (Lipinski definition) is 1. The van der Waals surface area contributed by atoms with Crippen LogP contribution in [0.3, 0.4) is 0 Å². The number of amides is 1. The van der Waals surface area contributed by atoms with Crippen molar-refractivity contribution in [2.24, 2.45) is 0 Å². The summed E-state index contributed by atoms with van der Waals surface area (Å²) in [6.07, 6.45) is -4.53. The van der Waals surface area contributed by atoms with Crippen molar-refractivity contribution in [2.45, 2.75) is 33.0 Å². The topological polar surface area (TPSA) is 70.5 Å². The number of carbonyl (C=O) groups excluding carboxylic acids is 2. The molecule has 0 saturated heterocycles. The van der Waals surface area contributed by atoms with Gasteiger partial charge < -0.3 is 5.11 Å². The van der Waals surface area contributed by atoms with E-state index in [1.807, 2.05) is 6.07 Å². The number of anilines is 1. The summed E-state index contributed by atoms with van der Waals surface area (Å²) in [4.78, 5) is 32.9. The van der Waals surface area contributed by atoms with Crippen molar-refractivity contribution in [3.63, 3.8) is 0 Å². The third-order valence-electron chi connectivity index (χ3n) is 5.19. The fourth-order valence-corrected chi connectivity index (χ4v) is 5.59. The predicted octanol–water partition coefficient (Wildman–Crippen LogP) is 5.93. The summed E-state index contributed by atoms with van der Waals surface area (Å²) in [5, 5.41) is 13.2. The highest BCUT2D eigenvalue weighted by atomic mass is 32.1. The molecule has 166 valence electrons. The normalized spacial score (nSPS) is 16.9. The minimum Gasteiger partial charge on any atom is -0.503 e. The zero-order valence-electron chi connectivity index (χ0n) is 17.1. The van der Waals surface area contributed by atoms with Crippen LogP contribution in [0.2, 0.25) is 0 Å². The van der Waals surface area contributed by atoms with Crippen LogP contribution in [-0.4, -0.2) is 21.8 Å². The van der Waals surface area contributed by atoms with Gasteiger partial charge in [0.15, 0.2) is 5.76 Å². The molecule has 10 heteroatoms. The molecule has 32 heavy (non-hydrogen) atoms. The SMILES string of the molecule is Cc1nc(C)c(C(=O)C2=C(O)C(=O)N(c3ccc(C(F)(F)F)cc3)C2c2sccc2C)s1. The minimum absolute atomic E-state index is 0.104. The molecule has 0 saturated carbocycles. The number of aromatic nitrogens is 1. The first-order valence-electron chi connectivity index (χ1n) is 9.47. The lowest BCUT2D eigenvalue weighted by molar-refractivity contribution is -0.137. The van der Waals surface area contributed by atoms with Crippen LogP contribution in [0.5, 0.6) is 0 Å². The van der Waals surface area contributed by atoms with Gasteiger partial charge in [-0.2, -0.15) is 13.2 Å². The van der Waals surface area contributed by atoms with Gasteiger partial charge in [0.1, 0.15) is 6.04 Å². The minimum atomic E-state index is -4.53. The van der Waals surface area contributed by atoms with Gasteiger partial charge in [0.2, 0.25) is 5.78 Å². The number of hydrogen-bond acceptors (Lipinski definition) is 6. The number of nitrogens with zero attached hydrogens (tertiary/aromatic N) is 2. The van der Waals surface area contributed by atoms with E-state index in [4.69, 9.17) is 0 Å². The largest absolute Gasteiger partial charge is 0.503 e. The number of rotatable bonds is 4. The molecule has 4 rings (SSSR count). The monoisotopic (exact) mass is 478 g/mol. The van der Waals surface area contributed by atoms with Crippen molar-refractivity contribution >= 4 is 40.1 Å². The molecule has 5 nitrogen and oxygen atoms in total. The Morgan fingerprint density at radius 1 is 1.12 bits per heavy atom. The molecule has 0 radical (unpaired) electrons. The molecule has 1 aromatic carbocycles. The number of thiazole rings is 1. The highest BCUT2D eigenvalue weighted by Gasteiger charge is 2.46. The molecule has 1 N–H and O–H groups in total. The Kier molecular flexibility index (Phi) is 5.46. The smallest absolute Gasteiger partial charge is 0.416 e. The van der Waals surface area contributed by atoms with Crippen molar-refractivity contribution in [3.05, 3.63) is 78.6 Å². The van der Waals surface area contributed by atoms with E-state index in [0.29, 0.717) is 20.5 Å². The molecule has 1 unspecified atom stereocenters. The molecule has 3 heterocycles. The van der Waals surface area contributed by atoms with Crippen LogP contribution >= 0.6 is 22.7 Å². The van der Waals surface area contributed by atoms with Gasteiger partial charge in [-0.1, -0.05) is 0 Å². The number of aryl methyl sites for hydroxylation is 3. The van der Waals surface area contributed by atoms with Gasteiger partial charge in [-0.15, -0.1) is 22.7 Å². The molecule has 1 aliphatic rings. The summed E-state index contributed by atoms with van der Waals surface area (Å²) in [5.41, 5.74) is 0.461. The van der Waals surface area contributed by atoms with E-state index in [2.05, 4.69) is 4.98 Å². The van der Waals surface area contributed by atoms with Crippen LogP contribution in [0, 0.1) is 20.8 Å². The number of aliphatic hydroxyl groups excluding tert-OH is 1. The standard InChI is InChI=1S/C22H17F3N2O3S2/c1-10-8-9-31-19(10)16-15(17(28)20-11(2)26-12(3)32-20)18(29)21(30)27(16)14-6-4-13(5-7-14)22(23,24)25/h4-9,16,29H,1-3H3. The average Bonchev–Trinajstić information content (AvgIpc) is 3.37. The highest BCUT2D eigenvalue weighted by Crippen LogP contribution is 2.45. The number of carbonyl (C=O) groups is 2. The molecular weight excluding hydrogens is 461 g/mol. The van der Waals surface area contributed by atoms with E-state index in [0.717, 1.165) is 29.0 Å². The van der Waals surface area contributed by atoms with Crippen LogP contribution in [0.25, 0.3) is 0 Å². The van der Waals surface area contributed by atoms with Crippen LogP contribution in [0.4, 0.5) is 18.9 Å². The average molecular weight is 479 g/mol. The lowest BCUT2D eigenvalue weighted by atomic mass is 9.98. The van der Waals surface area contributed by atoms with E-state index in [1.54, 1.807) is 26.2 Å². The third kappa shape index (κ3) is 3.63. The lowest BCUT2D eigenvalue weighted by Crippen LogP contribution is -2.31. The molecule has 0 bridgehead atoms. The molecule has 2 aromatic heterocycles. The summed E-state index contributed by atoms with van der Waals surface area (Å²) in [7, 11) is 0. The van der Waals surface area contributed by atoms with Gasteiger partial charge >= 0.3 is 6.18 Å². The molecule has 1 atom stereocenters. The highest BCUT2D eigenvalue weighted by molar-refractivity contribution is 7.14. The second kappa shape index (κ2) is 7.86. The maximum Gasteiger partial charge on any atom is 0.416 e. The van der Waals surface area contributed by atoms with E-state index < -0.39 is 35.2 Å². The zero-order chi connectivity index (χ0) is 23.4. The van der Waals surface area contributed by atoms with Crippen molar-refractivity contribution in [1.29, 1.82) is 0 Å². The first kappa shape index (κ1) is 22.2. The number of Topliss-reactive ketones (excluding diaryl/α,β-unsaturated/α-hetero) is 1. The molecule has 0 fully saturated rings. The third-order valence-corrected chi connectivity index (χ3v) is 7.33. The number of ketones is 1. The van der Waals surface area contributed by atoms with Gasteiger partial charge in [0.25, 0.3) is 5.91 Å². The Morgan fingerprint density at radius 2 is 1.78 bits per heavy atom. The van der Waals surface area contributed by atoms with Crippen molar-refractivity contribution in [2.75, 3.05) is 4.90 Å². The lowest BCUT2D eigenvalue weighted by Gasteiger charge is -2.26. The zero-order valence-corrected chi connectivity index (χ0v) is 18.8. The van der Waals surface area contributed by atoms with E-state index >= 15 is 0 Å². The summed E-state index contributed by atoms with van der Waals surface area (Å²) >= 11 is 2.46. The quantitative estimate of drug-likeness (QED) is 0.472. The Labute approximate surface area is 189 Å². The number of thiophene rings is 1. The fourth-order valence-electron chi connectivity index (χ4n) is 3.69. The maximum absolute atomic E-state index is 13.4. The molecule has 1 amide bonds. The Hall–Kier alpha value is -2.98. The first-order valence-corrected chi connectivity index (χ1v) is 11.2. The number of benzene rings is 1. The van der Waals surface area contributed by atoms with Crippen molar-refractivity contribution in [1.82, 2.24) is 4.98 Å². The van der Waals surface area contributed by atoms with Gasteiger partial charge in [-0.3, -0.25) is 14.5 Å². The molecule has 3 aromatic rings. The van der Waals surface area contributed by atoms with Gasteiger partial charge in [-0.25, -0.2) is 4.98 Å². The second-order valence-electron chi connectivity index (χ2n) is 7.33. The molecular formula is C22H17F3N2O3S2. The van der Waals surface area contributed by atoms with Gasteiger partial charge in [-0.05, 0) is 62.0 Å². The van der Waals surface area contributed by atoms with Crippen LogP contribution in [0.15, 0.2) is 47.0 Å². The summed E-state index contributed by atoms with van der Waals surface area (Å²) in [6, 6.07) is 4.92. The fraction of sp³-hybridized carbons (Fsp3) is 0.227. The van der Waals surface area contributed by atoms with Crippen LogP contribution in [-0.2, 0) is 11.0 Å². The summed E-state index contributed by atoms with van der Waals surface area (Å²) < 4.78 is 39.0. The maximum atomic E-state index is 13.4. The second-order valence-corrected chi connectivity index (χ2v) is 9.48. The Balaban J connectivity index is 1.85. The van der Waals surface area contributed by atoms with Gasteiger partial charge in [0, 0.05) is 10.6 Å². The first-order chi connectivity index (χ1) is 15.0.